The van der Waals surface area contributed by atoms with Crippen LogP contribution >= 0.6 is 0 Å². The molecule has 6 nitrogen and oxygen atoms in total. The summed E-state index contributed by atoms with van der Waals surface area (Å²) in [5.41, 5.74) is 0. The molecule has 0 spiro atoms. The van der Waals surface area contributed by atoms with E-state index in [-0.39, 0.29) is 0 Å². The van der Waals surface area contributed by atoms with Crippen LogP contribution in [-0.4, -0.2) is 73.3 Å². The Balaban J connectivity index is -0.000000543. The Morgan fingerprint density at radius 3 is 0.800 bits per heavy atom. The van der Waals surface area contributed by atoms with Crippen molar-refractivity contribution in [1.82, 2.24) is 0 Å². The molecule has 0 unspecified atom stereocenters. The Labute approximate surface area is 251 Å². The van der Waals surface area contributed by atoms with Gasteiger partial charge in [-0.25, -0.2) is 0 Å². The normalized spacial score (nSPS) is 11.3. The minimum absolute atomic E-state index is 0.470. The molecular weight excluding hydrogens is 500 g/mol. The van der Waals surface area contributed by atoms with Gasteiger partial charge >= 0.3 is 0 Å². The predicted octanol–water partition coefficient (Wildman–Crippen LogP) is 6.49. The molecule has 0 N–H and O–H groups in total. The number of hydrogen-bond donors (Lipinski definition) is 0. The van der Waals surface area contributed by atoms with Crippen LogP contribution in [0.1, 0.15) is 158 Å². The van der Waals surface area contributed by atoms with Crippen LogP contribution in [0.25, 0.3) is 0 Å². The first-order chi connectivity index (χ1) is 19.1. The van der Waals surface area contributed by atoms with Gasteiger partial charge in [0, 0.05) is 11.9 Å². The lowest BCUT2D eigenvalue weighted by molar-refractivity contribution is -0.928. The van der Waals surface area contributed by atoms with E-state index in [2.05, 4.69) is 55.4 Å². The number of carboxylic acids is 2. The van der Waals surface area contributed by atoms with Crippen LogP contribution in [0.5, 0.6) is 0 Å². The quantitative estimate of drug-likeness (QED) is 0.0925. The molecule has 0 aromatic heterocycles. The second-order valence-electron chi connectivity index (χ2n) is 11.8. The van der Waals surface area contributed by atoms with Gasteiger partial charge < -0.3 is 28.8 Å². The summed E-state index contributed by atoms with van der Waals surface area (Å²) in [5, 5.41) is 19.0. The molecule has 242 valence electrons. The summed E-state index contributed by atoms with van der Waals surface area (Å²) in [4.78, 5) is 19.0. The molecule has 0 fully saturated rings. The fraction of sp³-hybridized carbons (Fsp3) is 0.941. The van der Waals surface area contributed by atoms with Gasteiger partial charge in [0.05, 0.1) is 52.4 Å². The van der Waals surface area contributed by atoms with E-state index in [1.165, 1.54) is 151 Å². The van der Waals surface area contributed by atoms with Gasteiger partial charge in [-0.2, -0.15) is 0 Å². The Morgan fingerprint density at radius 1 is 0.375 bits per heavy atom. The number of carbonyl (C=O) groups is 2. The van der Waals surface area contributed by atoms with Gasteiger partial charge in [0.15, 0.2) is 0 Å². The van der Waals surface area contributed by atoms with Crippen LogP contribution in [0.4, 0.5) is 0 Å². The van der Waals surface area contributed by atoms with Crippen LogP contribution < -0.4 is 10.2 Å². The molecule has 40 heavy (non-hydrogen) atoms. The van der Waals surface area contributed by atoms with Crippen molar-refractivity contribution in [2.45, 2.75) is 158 Å². The maximum Gasteiger partial charge on any atom is 0.0786 e. The SMILES string of the molecule is CCCCCC[N+](CCC)(CCC)CCC.CCCCCC[N+](CCC)(CCC)CCC.O=C([O-])CCC(=O)[O-]. The number of quaternary nitrogens is 2. The van der Waals surface area contributed by atoms with Crippen LogP contribution in [0.15, 0.2) is 0 Å². The zero-order valence-corrected chi connectivity index (χ0v) is 28.5. The van der Waals surface area contributed by atoms with Crippen molar-refractivity contribution < 1.29 is 28.8 Å². The summed E-state index contributed by atoms with van der Waals surface area (Å²) >= 11 is 0. The van der Waals surface area contributed by atoms with Crippen LogP contribution in [0.3, 0.4) is 0 Å². The van der Waals surface area contributed by atoms with Crippen molar-refractivity contribution in [2.24, 2.45) is 0 Å². The molecule has 0 atom stereocenters. The van der Waals surface area contributed by atoms with Gasteiger partial charge in [0.2, 0.25) is 0 Å². The van der Waals surface area contributed by atoms with E-state index >= 15 is 0 Å². The van der Waals surface area contributed by atoms with Crippen molar-refractivity contribution in [2.75, 3.05) is 52.4 Å². The molecule has 6 heteroatoms. The van der Waals surface area contributed by atoms with Gasteiger partial charge in [0.25, 0.3) is 0 Å². The number of unbranched alkanes of at least 4 members (excludes halogenated alkanes) is 6. The summed E-state index contributed by atoms with van der Waals surface area (Å²) in [5.74, 6) is -2.73. The first kappa shape index (κ1) is 43.3. The fourth-order valence-electron chi connectivity index (χ4n) is 6.14. The van der Waals surface area contributed by atoms with Crippen molar-refractivity contribution in [3.63, 3.8) is 0 Å². The Morgan fingerprint density at radius 2 is 0.625 bits per heavy atom. The minimum Gasteiger partial charge on any atom is -0.550 e. The summed E-state index contributed by atoms with van der Waals surface area (Å²) in [6, 6.07) is 0. The number of carbonyl (C=O) groups excluding carboxylic acids is 2. The number of nitrogens with zero attached hydrogens (tertiary/aromatic N) is 2. The molecule has 0 radical (unpaired) electrons. The third kappa shape index (κ3) is 27.1. The zero-order valence-electron chi connectivity index (χ0n) is 28.5. The fourth-order valence-corrected chi connectivity index (χ4v) is 6.14. The molecule has 0 aromatic carbocycles. The highest BCUT2D eigenvalue weighted by atomic mass is 16.4. The lowest BCUT2D eigenvalue weighted by Crippen LogP contribution is -2.50. The molecule has 0 aliphatic rings. The van der Waals surface area contributed by atoms with Crippen molar-refractivity contribution in [3.8, 4) is 0 Å². The van der Waals surface area contributed by atoms with Gasteiger partial charge in [-0.05, 0) is 77.0 Å². The summed E-state index contributed by atoms with van der Waals surface area (Å²) in [7, 11) is 0. The van der Waals surface area contributed by atoms with Crippen molar-refractivity contribution in [1.29, 1.82) is 0 Å². The molecule has 0 rings (SSSR count). The number of rotatable bonds is 25. The lowest BCUT2D eigenvalue weighted by atomic mass is 10.1. The topological polar surface area (TPSA) is 80.3 Å². The summed E-state index contributed by atoms with van der Waals surface area (Å²) < 4.78 is 2.79. The summed E-state index contributed by atoms with van der Waals surface area (Å²) in [6.07, 6.45) is 18.4. The average molecular weight is 573 g/mol. The van der Waals surface area contributed by atoms with Gasteiger partial charge in [0.1, 0.15) is 0 Å². The van der Waals surface area contributed by atoms with Gasteiger partial charge in [-0.15, -0.1) is 0 Å². The number of carboxylic acid groups (broad SMARTS) is 2. The van der Waals surface area contributed by atoms with E-state index < -0.39 is 24.8 Å². The van der Waals surface area contributed by atoms with Crippen LogP contribution in [-0.2, 0) is 9.59 Å². The molecule has 0 aliphatic carbocycles. The van der Waals surface area contributed by atoms with E-state index in [0.717, 1.165) is 0 Å². The highest BCUT2D eigenvalue weighted by molar-refractivity contribution is 5.72. The molecular formula is C34H72N2O4. The van der Waals surface area contributed by atoms with Crippen LogP contribution in [0, 0.1) is 0 Å². The maximum atomic E-state index is 9.50. The minimum atomic E-state index is -1.37. The first-order valence-corrected chi connectivity index (χ1v) is 17.2. The van der Waals surface area contributed by atoms with Crippen molar-refractivity contribution >= 4 is 11.9 Å². The third-order valence-electron chi connectivity index (χ3n) is 7.69. The van der Waals surface area contributed by atoms with Crippen molar-refractivity contribution in [3.05, 3.63) is 0 Å². The molecule has 0 aliphatic heterocycles. The Hall–Kier alpha value is -1.14. The molecule has 0 saturated heterocycles. The van der Waals surface area contributed by atoms with E-state index in [1.807, 2.05) is 0 Å². The second-order valence-corrected chi connectivity index (χ2v) is 11.8. The van der Waals surface area contributed by atoms with E-state index in [4.69, 9.17) is 0 Å². The lowest BCUT2D eigenvalue weighted by Gasteiger charge is -2.38. The molecule has 0 saturated carbocycles. The second kappa shape index (κ2) is 30.8. The van der Waals surface area contributed by atoms with Gasteiger partial charge in [-0.3, -0.25) is 0 Å². The monoisotopic (exact) mass is 573 g/mol. The highest BCUT2D eigenvalue weighted by Crippen LogP contribution is 2.16. The summed E-state index contributed by atoms with van der Waals surface area (Å²) in [6.45, 7) is 29.9. The first-order valence-electron chi connectivity index (χ1n) is 17.2. The number of hydrogen-bond acceptors (Lipinski definition) is 4. The maximum absolute atomic E-state index is 9.50. The number of aliphatic carboxylic acids is 2. The largest absolute Gasteiger partial charge is 0.550 e. The average Bonchev–Trinajstić information content (AvgIpc) is 2.90. The smallest absolute Gasteiger partial charge is 0.0786 e. The van der Waals surface area contributed by atoms with E-state index in [0.29, 0.717) is 0 Å². The molecule has 0 aromatic rings. The molecule has 0 amide bonds. The standard InChI is InChI=1S/2C15H34N.C4H6O4/c2*1-5-9-10-11-15-16(12-6-2,13-7-3)14-8-4;5-3(6)1-2-4(7)8/h2*5-15H2,1-4H3;1-2H2,(H,5,6)(H,7,8)/q2*+1;/p-2. The van der Waals surface area contributed by atoms with E-state index in [9.17, 15) is 19.8 Å². The zero-order chi connectivity index (χ0) is 31.1. The van der Waals surface area contributed by atoms with Gasteiger partial charge in [-0.1, -0.05) is 81.1 Å². The predicted molar refractivity (Wildman–Crippen MR) is 169 cm³/mol. The molecule has 0 heterocycles. The Kier molecular flexibility index (Phi) is 33.4. The van der Waals surface area contributed by atoms with Crippen LogP contribution in [0.2, 0.25) is 0 Å². The third-order valence-corrected chi connectivity index (χ3v) is 7.69. The Bertz CT molecular complexity index is 472. The van der Waals surface area contributed by atoms with E-state index in [1.54, 1.807) is 0 Å². The highest BCUT2D eigenvalue weighted by Gasteiger charge is 2.24. The molecule has 0 bridgehead atoms.